The third-order valence-electron chi connectivity index (χ3n) is 5.89. The van der Waals surface area contributed by atoms with Crippen LogP contribution in [-0.4, -0.2) is 34.7 Å². The fraction of sp³-hybridized carbons (Fsp3) is 0.577. The summed E-state index contributed by atoms with van der Waals surface area (Å²) in [6, 6.07) is 6.88. The van der Waals surface area contributed by atoms with Gasteiger partial charge >= 0.3 is 0 Å². The van der Waals surface area contributed by atoms with Crippen LogP contribution in [0.2, 0.25) is 0 Å². The van der Waals surface area contributed by atoms with Crippen molar-refractivity contribution < 1.29 is 14.4 Å². The van der Waals surface area contributed by atoms with E-state index in [4.69, 9.17) is 0 Å². The summed E-state index contributed by atoms with van der Waals surface area (Å²) >= 11 is 0. The first-order valence-corrected chi connectivity index (χ1v) is 11.9. The van der Waals surface area contributed by atoms with Crippen LogP contribution in [-0.2, 0) is 20.8 Å². The number of rotatable bonds is 13. The van der Waals surface area contributed by atoms with Gasteiger partial charge in [0.05, 0.1) is 6.04 Å². The Labute approximate surface area is 191 Å². The molecule has 1 heterocycles. The van der Waals surface area contributed by atoms with Crippen molar-refractivity contribution in [2.24, 2.45) is 11.8 Å². The number of carbonyl (C=O) groups excluding carboxylic acids is 3. The molecular weight excluding hydrogens is 402 g/mol. The van der Waals surface area contributed by atoms with Crippen molar-refractivity contribution in [2.45, 2.75) is 85.2 Å². The van der Waals surface area contributed by atoms with Crippen molar-refractivity contribution in [1.29, 1.82) is 0 Å². The van der Waals surface area contributed by atoms with Crippen LogP contribution in [0, 0.1) is 11.8 Å². The smallest absolute Gasteiger partial charge is 0.243 e. The first kappa shape index (κ1) is 25.6. The van der Waals surface area contributed by atoms with E-state index < -0.39 is 12.1 Å². The summed E-state index contributed by atoms with van der Waals surface area (Å²) in [7, 11) is 0. The molecule has 0 saturated carbocycles. The molecule has 6 nitrogen and oxygen atoms in total. The molecular formula is C26H39N3O3. The third kappa shape index (κ3) is 7.50. The number of benzene rings is 1. The number of carbonyl (C=O) groups is 3. The van der Waals surface area contributed by atoms with E-state index in [0.29, 0.717) is 19.3 Å². The van der Waals surface area contributed by atoms with Crippen molar-refractivity contribution in [3.8, 4) is 0 Å². The van der Waals surface area contributed by atoms with Crippen LogP contribution in [0.15, 0.2) is 30.5 Å². The van der Waals surface area contributed by atoms with Gasteiger partial charge in [-0.05, 0) is 43.7 Å². The second-order valence-electron chi connectivity index (χ2n) is 9.32. The van der Waals surface area contributed by atoms with Gasteiger partial charge in [-0.2, -0.15) is 0 Å². The van der Waals surface area contributed by atoms with Gasteiger partial charge in [-0.15, -0.1) is 0 Å². The van der Waals surface area contributed by atoms with E-state index >= 15 is 0 Å². The highest BCUT2D eigenvalue weighted by Crippen LogP contribution is 2.21. The molecule has 0 aliphatic carbocycles. The average molecular weight is 442 g/mol. The number of ketones is 1. The van der Waals surface area contributed by atoms with Gasteiger partial charge in [0.25, 0.3) is 0 Å². The minimum absolute atomic E-state index is 0.0570. The summed E-state index contributed by atoms with van der Waals surface area (Å²) in [5, 5.41) is 6.96. The summed E-state index contributed by atoms with van der Waals surface area (Å²) < 4.78 is 0. The topological polar surface area (TPSA) is 91.1 Å². The average Bonchev–Trinajstić information content (AvgIpc) is 3.15. The lowest BCUT2D eigenvalue weighted by Crippen LogP contribution is -2.52. The van der Waals surface area contributed by atoms with Crippen molar-refractivity contribution >= 4 is 28.5 Å². The number of aromatic amines is 1. The maximum absolute atomic E-state index is 13.0. The maximum atomic E-state index is 13.0. The Morgan fingerprint density at radius 2 is 1.66 bits per heavy atom. The fourth-order valence-corrected chi connectivity index (χ4v) is 3.97. The predicted molar refractivity (Wildman–Crippen MR) is 129 cm³/mol. The van der Waals surface area contributed by atoms with Gasteiger partial charge in [0.2, 0.25) is 11.8 Å². The number of nitrogens with one attached hydrogen (secondary N) is 3. The van der Waals surface area contributed by atoms with E-state index in [9.17, 15) is 14.4 Å². The van der Waals surface area contributed by atoms with Gasteiger partial charge in [0, 0.05) is 23.0 Å². The molecule has 2 aromatic rings. The number of aromatic nitrogens is 1. The van der Waals surface area contributed by atoms with Gasteiger partial charge in [-0.3, -0.25) is 14.4 Å². The Morgan fingerprint density at radius 3 is 2.31 bits per heavy atom. The zero-order chi connectivity index (χ0) is 23.7. The van der Waals surface area contributed by atoms with E-state index in [1.165, 1.54) is 6.92 Å². The Balaban J connectivity index is 2.05. The van der Waals surface area contributed by atoms with Gasteiger partial charge in [0.15, 0.2) is 5.78 Å². The first-order valence-electron chi connectivity index (χ1n) is 11.9. The third-order valence-corrected chi connectivity index (χ3v) is 5.89. The molecule has 0 unspecified atom stereocenters. The quantitative estimate of drug-likeness (QED) is 0.399. The molecule has 0 aliphatic rings. The van der Waals surface area contributed by atoms with Crippen LogP contribution in [0.1, 0.15) is 72.3 Å². The highest BCUT2D eigenvalue weighted by atomic mass is 16.2. The zero-order valence-corrected chi connectivity index (χ0v) is 20.2. The number of H-pyrrole nitrogens is 1. The standard InChI is InChI=1S/C26H39N3O3/c1-6-7-8-13-23(26(32)29-24(19(5)30)14-17(2)3)28-25(31)18(4)15-20-16-27-22-12-10-9-11-21(20)22/h9-12,16-18,23-24,27H,6-8,13-15H2,1-5H3,(H,28,31)(H,29,32)/t18-,23-,24-/m0/s1. The molecule has 2 amide bonds. The van der Waals surface area contributed by atoms with E-state index in [1.54, 1.807) is 0 Å². The largest absolute Gasteiger partial charge is 0.361 e. The molecule has 6 heteroatoms. The van der Waals surface area contributed by atoms with E-state index in [2.05, 4.69) is 22.5 Å². The zero-order valence-electron chi connectivity index (χ0n) is 20.2. The number of hydrogen-bond acceptors (Lipinski definition) is 3. The van der Waals surface area contributed by atoms with Gasteiger partial charge < -0.3 is 15.6 Å². The molecule has 0 fully saturated rings. The van der Waals surface area contributed by atoms with Crippen molar-refractivity contribution in [3.63, 3.8) is 0 Å². The van der Waals surface area contributed by atoms with Gasteiger partial charge in [0.1, 0.15) is 6.04 Å². The number of Topliss-reactive ketones (excluding diaryl/α,β-unsaturated/α-hetero) is 1. The summed E-state index contributed by atoms with van der Waals surface area (Å²) in [6.45, 7) is 9.53. The molecule has 3 atom stereocenters. The van der Waals surface area contributed by atoms with E-state index in [-0.39, 0.29) is 29.4 Å². The molecule has 176 valence electrons. The summed E-state index contributed by atoms with van der Waals surface area (Å²) in [5.41, 5.74) is 2.14. The summed E-state index contributed by atoms with van der Waals surface area (Å²) in [5.74, 6) is -0.466. The molecule has 0 spiro atoms. The molecule has 0 radical (unpaired) electrons. The number of para-hydroxylation sites is 1. The highest BCUT2D eigenvalue weighted by Gasteiger charge is 2.27. The lowest BCUT2D eigenvalue weighted by atomic mass is 9.98. The molecule has 0 aliphatic heterocycles. The number of hydrogen-bond donors (Lipinski definition) is 3. The lowest BCUT2D eigenvalue weighted by Gasteiger charge is -2.24. The molecule has 2 rings (SSSR count). The Kier molecular flexibility index (Phi) is 9.95. The number of unbranched alkanes of at least 4 members (excludes halogenated alkanes) is 2. The first-order chi connectivity index (χ1) is 15.2. The molecule has 32 heavy (non-hydrogen) atoms. The highest BCUT2D eigenvalue weighted by molar-refractivity contribution is 5.92. The van der Waals surface area contributed by atoms with Crippen LogP contribution < -0.4 is 10.6 Å². The predicted octanol–water partition coefficient (Wildman–Crippen LogP) is 4.53. The lowest BCUT2D eigenvalue weighted by molar-refractivity contribution is -0.132. The van der Waals surface area contributed by atoms with Crippen LogP contribution in [0.3, 0.4) is 0 Å². The van der Waals surface area contributed by atoms with Crippen LogP contribution >= 0.6 is 0 Å². The minimum atomic E-state index is -0.631. The molecule has 1 aromatic heterocycles. The molecule has 1 aromatic carbocycles. The van der Waals surface area contributed by atoms with Crippen LogP contribution in [0.4, 0.5) is 0 Å². The SMILES string of the molecule is CCCCC[C@H](NC(=O)[C@@H](C)Cc1c[nH]c2ccccc12)C(=O)N[C@@H](CC(C)C)C(C)=O. The van der Waals surface area contributed by atoms with Gasteiger partial charge in [-0.25, -0.2) is 0 Å². The van der Waals surface area contributed by atoms with Crippen molar-refractivity contribution in [1.82, 2.24) is 15.6 Å². The minimum Gasteiger partial charge on any atom is -0.361 e. The van der Waals surface area contributed by atoms with Crippen molar-refractivity contribution in [2.75, 3.05) is 0 Å². The van der Waals surface area contributed by atoms with E-state index in [0.717, 1.165) is 35.7 Å². The van der Waals surface area contributed by atoms with Gasteiger partial charge in [-0.1, -0.05) is 65.2 Å². The number of amides is 2. The van der Waals surface area contributed by atoms with E-state index in [1.807, 2.05) is 51.2 Å². The van der Waals surface area contributed by atoms with Crippen molar-refractivity contribution in [3.05, 3.63) is 36.0 Å². The number of fused-ring (bicyclic) bond motifs is 1. The maximum Gasteiger partial charge on any atom is 0.243 e. The summed E-state index contributed by atoms with van der Waals surface area (Å²) in [6.07, 6.45) is 6.56. The monoisotopic (exact) mass is 441 g/mol. The fourth-order valence-electron chi connectivity index (χ4n) is 3.97. The molecule has 3 N–H and O–H groups in total. The Bertz CT molecular complexity index is 903. The van der Waals surface area contributed by atoms with Crippen LogP contribution in [0.5, 0.6) is 0 Å². The Hall–Kier alpha value is -2.63. The summed E-state index contributed by atoms with van der Waals surface area (Å²) in [4.78, 5) is 41.2. The second kappa shape index (κ2) is 12.4. The molecule has 0 saturated heterocycles. The second-order valence-corrected chi connectivity index (χ2v) is 9.32. The molecule has 0 bridgehead atoms. The Morgan fingerprint density at radius 1 is 0.969 bits per heavy atom. The normalized spacial score (nSPS) is 14.2. The van der Waals surface area contributed by atoms with Crippen LogP contribution in [0.25, 0.3) is 10.9 Å².